The van der Waals surface area contributed by atoms with Gasteiger partial charge in [-0.25, -0.2) is 0 Å². The highest BCUT2D eigenvalue weighted by Gasteiger charge is 2.36. The number of methoxy groups -OCH3 is 2. The molecule has 1 aliphatic heterocycles. The van der Waals surface area contributed by atoms with Crippen molar-refractivity contribution in [1.29, 1.82) is 0 Å². The Hall–Kier alpha value is -1.26. The summed E-state index contributed by atoms with van der Waals surface area (Å²) >= 11 is 0. The summed E-state index contributed by atoms with van der Waals surface area (Å²) in [6.07, 6.45) is 0.589. The molecule has 1 atom stereocenters. The Kier molecular flexibility index (Phi) is 2.78. The molecule has 1 aromatic carbocycles. The lowest BCUT2D eigenvalue weighted by Gasteiger charge is -2.32. The van der Waals surface area contributed by atoms with Crippen LogP contribution in [0.3, 0.4) is 0 Å². The molecule has 4 heteroatoms. The molecule has 1 aromatic rings. The van der Waals surface area contributed by atoms with Gasteiger partial charge in [0.1, 0.15) is 11.5 Å². The second kappa shape index (κ2) is 3.96. The highest BCUT2D eigenvalue weighted by Crippen LogP contribution is 2.42. The molecule has 0 aromatic heterocycles. The largest absolute Gasteiger partial charge is 0.496 e. The molecule has 0 saturated carbocycles. The normalized spacial score (nSPS) is 23.8. The van der Waals surface area contributed by atoms with E-state index in [0.717, 1.165) is 11.3 Å². The molecule has 1 heterocycles. The van der Waals surface area contributed by atoms with Gasteiger partial charge in [0.2, 0.25) is 0 Å². The van der Waals surface area contributed by atoms with Gasteiger partial charge in [-0.3, -0.25) is 0 Å². The highest BCUT2D eigenvalue weighted by molar-refractivity contribution is 5.52. The summed E-state index contributed by atoms with van der Waals surface area (Å²) in [6, 6.07) is 3.59. The molecule has 0 amide bonds. The van der Waals surface area contributed by atoms with Gasteiger partial charge in [-0.15, -0.1) is 0 Å². The summed E-state index contributed by atoms with van der Waals surface area (Å²) in [4.78, 5) is 0. The Bertz CT molecular complexity index is 398. The monoisotopic (exact) mass is 223 g/mol. The van der Waals surface area contributed by atoms with E-state index in [-0.39, 0.29) is 0 Å². The van der Waals surface area contributed by atoms with Crippen molar-refractivity contribution in [2.45, 2.75) is 19.1 Å². The van der Waals surface area contributed by atoms with Gasteiger partial charge in [-0.1, -0.05) is 0 Å². The summed E-state index contributed by atoms with van der Waals surface area (Å²) in [5.41, 5.74) is 1.54. The first-order chi connectivity index (χ1) is 7.60. The van der Waals surface area contributed by atoms with Crippen molar-refractivity contribution < 1.29 is 19.3 Å². The van der Waals surface area contributed by atoms with Gasteiger partial charge in [0.15, 0.2) is 5.79 Å². The fourth-order valence-corrected chi connectivity index (χ4v) is 2.03. The number of rotatable bonds is 2. The number of benzene rings is 1. The molecule has 2 rings (SSSR count). The average Bonchev–Trinajstić information content (AvgIpc) is 2.27. The van der Waals surface area contributed by atoms with E-state index in [0.29, 0.717) is 17.7 Å². The minimum Gasteiger partial charge on any atom is -0.496 e. The zero-order chi connectivity index (χ0) is 11.8. The Morgan fingerprint density at radius 1 is 1.25 bits per heavy atom. The summed E-state index contributed by atoms with van der Waals surface area (Å²) in [6.45, 7) is 3.16. The van der Waals surface area contributed by atoms with Crippen LogP contribution < -0.4 is 9.47 Å². The van der Waals surface area contributed by atoms with Crippen molar-refractivity contribution in [2.24, 2.45) is 0 Å². The van der Waals surface area contributed by atoms with Crippen LogP contribution in [-0.4, -0.2) is 19.3 Å². The molecule has 0 aliphatic carbocycles. The predicted molar refractivity (Wildman–Crippen MR) is 58.2 cm³/mol. The molecule has 0 saturated heterocycles. The van der Waals surface area contributed by atoms with Gasteiger partial charge < -0.3 is 19.3 Å². The fourth-order valence-electron chi connectivity index (χ4n) is 2.03. The predicted octanol–water partition coefficient (Wildman–Crippen LogP) is 1.60. The van der Waals surface area contributed by atoms with Gasteiger partial charge in [-0.2, -0.15) is 0 Å². The fraction of sp³-hybridized carbons (Fsp3) is 0.417. The molecule has 4 nitrogen and oxygen atoms in total. The lowest BCUT2D eigenvalue weighted by Crippen LogP contribution is -2.31. The molecule has 0 bridgehead atoms. The third kappa shape index (κ3) is 1.64. The van der Waals surface area contributed by atoms with Gasteiger partial charge >= 0.3 is 0 Å². The zero-order valence-corrected chi connectivity index (χ0v) is 9.61. The van der Waals surface area contributed by atoms with Gasteiger partial charge in [0.05, 0.1) is 26.4 Å². The number of fused-ring (bicyclic) bond motifs is 1. The van der Waals surface area contributed by atoms with Crippen LogP contribution in [0.4, 0.5) is 0 Å². The van der Waals surface area contributed by atoms with Crippen molar-refractivity contribution in [3.8, 4) is 11.5 Å². The first-order valence-electron chi connectivity index (χ1n) is 5.06. The molecule has 0 spiro atoms. The number of ether oxygens (including phenoxy) is 3. The molecule has 1 N–H and O–H groups in total. The minimum absolute atomic E-state index is 0.589. The molecule has 1 aliphatic rings. The van der Waals surface area contributed by atoms with Crippen LogP contribution in [0.2, 0.25) is 0 Å². The Morgan fingerprint density at radius 2 is 1.88 bits per heavy atom. The second-order valence-corrected chi connectivity index (χ2v) is 3.80. The van der Waals surface area contributed by atoms with E-state index in [1.807, 2.05) is 6.07 Å². The molecule has 0 fully saturated rings. The van der Waals surface area contributed by atoms with Crippen molar-refractivity contribution >= 4 is 0 Å². The van der Waals surface area contributed by atoms with Crippen LogP contribution in [-0.2, 0) is 16.9 Å². The lowest BCUT2D eigenvalue weighted by molar-refractivity contribution is -0.183. The van der Waals surface area contributed by atoms with Crippen molar-refractivity contribution in [1.82, 2.24) is 0 Å². The first kappa shape index (κ1) is 11.2. The summed E-state index contributed by atoms with van der Waals surface area (Å²) in [5, 5.41) is 10.2. The SMILES string of the molecule is COc1ccc(OC)c2c1C[CH]OC2(C)O. The highest BCUT2D eigenvalue weighted by atomic mass is 16.6. The summed E-state index contributed by atoms with van der Waals surface area (Å²) in [7, 11) is 3.17. The van der Waals surface area contributed by atoms with Gasteiger partial charge in [-0.05, 0) is 19.1 Å². The maximum absolute atomic E-state index is 10.2. The van der Waals surface area contributed by atoms with E-state index in [2.05, 4.69) is 0 Å². The Morgan fingerprint density at radius 3 is 2.50 bits per heavy atom. The van der Waals surface area contributed by atoms with E-state index >= 15 is 0 Å². The maximum Gasteiger partial charge on any atom is 0.193 e. The standard InChI is InChI=1S/C12H15O4/c1-12(13)11-8(6-7-16-12)9(14-2)4-5-10(11)15-3/h4-5,7,13H,6H2,1-3H3. The Labute approximate surface area is 94.8 Å². The topological polar surface area (TPSA) is 47.9 Å². The van der Waals surface area contributed by atoms with E-state index in [1.54, 1.807) is 33.8 Å². The zero-order valence-electron chi connectivity index (χ0n) is 9.61. The smallest absolute Gasteiger partial charge is 0.193 e. The van der Waals surface area contributed by atoms with Crippen LogP contribution >= 0.6 is 0 Å². The molecular weight excluding hydrogens is 208 g/mol. The van der Waals surface area contributed by atoms with Crippen molar-refractivity contribution in [3.63, 3.8) is 0 Å². The summed E-state index contributed by atoms with van der Waals surface area (Å²) in [5.74, 6) is -0.0301. The van der Waals surface area contributed by atoms with E-state index in [9.17, 15) is 5.11 Å². The lowest BCUT2D eigenvalue weighted by atomic mass is 9.94. The number of hydrogen-bond acceptors (Lipinski definition) is 4. The van der Waals surface area contributed by atoms with E-state index in [4.69, 9.17) is 14.2 Å². The molecule has 16 heavy (non-hydrogen) atoms. The van der Waals surface area contributed by atoms with Crippen molar-refractivity contribution in [3.05, 3.63) is 29.9 Å². The molecule has 1 unspecified atom stereocenters. The third-order valence-corrected chi connectivity index (χ3v) is 2.74. The minimum atomic E-state index is -1.37. The quantitative estimate of drug-likeness (QED) is 0.827. The van der Waals surface area contributed by atoms with Crippen molar-refractivity contribution in [2.75, 3.05) is 14.2 Å². The number of aliphatic hydroxyl groups is 1. The average molecular weight is 223 g/mol. The second-order valence-electron chi connectivity index (χ2n) is 3.80. The van der Waals surface area contributed by atoms with Crippen LogP contribution in [0, 0.1) is 6.61 Å². The summed E-state index contributed by atoms with van der Waals surface area (Å²) < 4.78 is 15.7. The van der Waals surface area contributed by atoms with Crippen LogP contribution in [0.1, 0.15) is 18.1 Å². The van der Waals surface area contributed by atoms with Crippen LogP contribution in [0.15, 0.2) is 12.1 Å². The van der Waals surface area contributed by atoms with Gasteiger partial charge in [0, 0.05) is 12.0 Å². The van der Waals surface area contributed by atoms with Crippen LogP contribution in [0.25, 0.3) is 0 Å². The van der Waals surface area contributed by atoms with Crippen LogP contribution in [0.5, 0.6) is 11.5 Å². The Balaban J connectivity index is 2.65. The van der Waals surface area contributed by atoms with E-state index < -0.39 is 5.79 Å². The number of hydrogen-bond donors (Lipinski definition) is 1. The molecular formula is C12H15O4. The van der Waals surface area contributed by atoms with Gasteiger partial charge in [0.25, 0.3) is 0 Å². The maximum atomic E-state index is 10.2. The molecule has 87 valence electrons. The molecule has 1 radical (unpaired) electrons. The third-order valence-electron chi connectivity index (χ3n) is 2.74. The first-order valence-corrected chi connectivity index (χ1v) is 5.06. The van der Waals surface area contributed by atoms with E-state index in [1.165, 1.54) is 0 Å².